The van der Waals surface area contributed by atoms with Crippen LogP contribution in [0.2, 0.25) is 0 Å². The molecule has 0 atom stereocenters. The molecule has 0 saturated carbocycles. The molecule has 124 valence electrons. The number of likely N-dealkylation sites (N-methyl/N-ethyl adjacent to an activating group) is 1. The number of rotatable bonds is 6. The topological polar surface area (TPSA) is 31.4 Å². The van der Waals surface area contributed by atoms with Crippen molar-refractivity contribution in [3.63, 3.8) is 0 Å². The zero-order valence-electron chi connectivity index (χ0n) is 14.1. The van der Waals surface area contributed by atoms with Gasteiger partial charge in [-0.3, -0.25) is 0 Å². The van der Waals surface area contributed by atoms with E-state index in [0.29, 0.717) is 0 Å². The van der Waals surface area contributed by atoms with Gasteiger partial charge in [0.25, 0.3) is 0 Å². The molecule has 0 amide bonds. The lowest BCUT2D eigenvalue weighted by Gasteiger charge is -2.34. The Hall–Kier alpha value is -1.43. The van der Waals surface area contributed by atoms with Crippen molar-refractivity contribution < 1.29 is 0 Å². The summed E-state index contributed by atoms with van der Waals surface area (Å²) < 4.78 is 0. The third kappa shape index (κ3) is 4.31. The van der Waals surface area contributed by atoms with Crippen LogP contribution in [0.3, 0.4) is 0 Å². The Morgan fingerprint density at radius 3 is 2.57 bits per heavy atom. The Morgan fingerprint density at radius 1 is 1.13 bits per heavy atom. The highest BCUT2D eigenvalue weighted by atomic mass is 32.1. The summed E-state index contributed by atoms with van der Waals surface area (Å²) in [6, 6.07) is 6.54. The monoisotopic (exact) mass is 330 g/mol. The summed E-state index contributed by atoms with van der Waals surface area (Å²) in [5.74, 6) is 1.11. The van der Waals surface area contributed by atoms with Gasteiger partial charge in [-0.1, -0.05) is 13.0 Å². The van der Waals surface area contributed by atoms with Crippen LogP contribution in [0.4, 0.5) is 5.82 Å². The van der Waals surface area contributed by atoms with Crippen molar-refractivity contribution >= 4 is 17.2 Å². The van der Waals surface area contributed by atoms with Crippen molar-refractivity contribution in [2.45, 2.75) is 26.9 Å². The normalized spacial score (nSPS) is 16.0. The van der Waals surface area contributed by atoms with Crippen molar-refractivity contribution in [1.82, 2.24) is 15.2 Å². The summed E-state index contributed by atoms with van der Waals surface area (Å²) in [5, 5.41) is 5.66. The highest BCUT2D eigenvalue weighted by Gasteiger charge is 2.16. The van der Waals surface area contributed by atoms with E-state index in [-0.39, 0.29) is 0 Å². The van der Waals surface area contributed by atoms with Crippen LogP contribution in [0.25, 0.3) is 0 Å². The Bertz CT molecular complexity index is 600. The Morgan fingerprint density at radius 2 is 1.96 bits per heavy atom. The van der Waals surface area contributed by atoms with E-state index in [9.17, 15) is 0 Å². The molecule has 4 nitrogen and oxygen atoms in total. The molecule has 1 fully saturated rings. The molecule has 1 aliphatic rings. The molecule has 2 aromatic heterocycles. The lowest BCUT2D eigenvalue weighted by atomic mass is 10.2. The molecule has 0 radical (unpaired) electrons. The highest BCUT2D eigenvalue weighted by molar-refractivity contribution is 7.10. The number of hydrogen-bond donors (Lipinski definition) is 1. The fourth-order valence-electron chi connectivity index (χ4n) is 2.91. The van der Waals surface area contributed by atoms with Crippen molar-refractivity contribution in [1.29, 1.82) is 0 Å². The first-order chi connectivity index (χ1) is 11.3. The van der Waals surface area contributed by atoms with Gasteiger partial charge in [0, 0.05) is 50.3 Å². The Kier molecular flexibility index (Phi) is 5.65. The summed E-state index contributed by atoms with van der Waals surface area (Å²) >= 11 is 1.82. The zero-order valence-corrected chi connectivity index (χ0v) is 14.9. The predicted octanol–water partition coefficient (Wildman–Crippen LogP) is 2.88. The summed E-state index contributed by atoms with van der Waals surface area (Å²) in [6.45, 7) is 11.8. The third-order valence-corrected chi connectivity index (χ3v) is 5.56. The fourth-order valence-corrected chi connectivity index (χ4v) is 3.78. The molecule has 0 aliphatic carbocycles. The first kappa shape index (κ1) is 16.4. The number of aryl methyl sites for hydroxylation is 1. The molecule has 1 saturated heterocycles. The van der Waals surface area contributed by atoms with Gasteiger partial charge >= 0.3 is 0 Å². The number of aromatic nitrogens is 1. The van der Waals surface area contributed by atoms with Crippen molar-refractivity contribution in [3.05, 3.63) is 45.8 Å². The number of pyridine rings is 1. The second kappa shape index (κ2) is 7.90. The van der Waals surface area contributed by atoms with E-state index in [2.05, 4.69) is 57.5 Å². The predicted molar refractivity (Wildman–Crippen MR) is 98.2 cm³/mol. The van der Waals surface area contributed by atoms with Gasteiger partial charge < -0.3 is 15.1 Å². The zero-order chi connectivity index (χ0) is 16.1. The van der Waals surface area contributed by atoms with Gasteiger partial charge in [-0.05, 0) is 42.1 Å². The smallest absolute Gasteiger partial charge is 0.128 e. The Labute approximate surface area is 143 Å². The third-order valence-electron chi connectivity index (χ3n) is 4.54. The number of thiophene rings is 1. The van der Waals surface area contributed by atoms with E-state index >= 15 is 0 Å². The van der Waals surface area contributed by atoms with Gasteiger partial charge in [-0.2, -0.15) is 0 Å². The van der Waals surface area contributed by atoms with Crippen LogP contribution >= 0.6 is 11.3 Å². The van der Waals surface area contributed by atoms with Crippen LogP contribution in [0.5, 0.6) is 0 Å². The maximum atomic E-state index is 4.66. The maximum Gasteiger partial charge on any atom is 0.128 e. The molecule has 0 aromatic carbocycles. The van der Waals surface area contributed by atoms with Gasteiger partial charge in [0.05, 0.1) is 0 Å². The van der Waals surface area contributed by atoms with Crippen LogP contribution in [-0.4, -0.2) is 42.6 Å². The first-order valence-electron chi connectivity index (χ1n) is 8.42. The van der Waals surface area contributed by atoms with Gasteiger partial charge in [0.15, 0.2) is 0 Å². The SMILES string of the molecule is CCN1CCN(c2ccc(CNCc3sccc3C)cn2)CC1. The van der Waals surface area contributed by atoms with E-state index in [1.54, 1.807) is 0 Å². The van der Waals surface area contributed by atoms with Crippen LogP contribution in [0, 0.1) is 6.92 Å². The molecule has 1 N–H and O–H groups in total. The maximum absolute atomic E-state index is 4.66. The molecule has 1 aliphatic heterocycles. The second-order valence-corrected chi connectivity index (χ2v) is 7.08. The number of anilines is 1. The van der Waals surface area contributed by atoms with E-state index in [4.69, 9.17) is 0 Å². The average molecular weight is 331 g/mol. The highest BCUT2D eigenvalue weighted by Crippen LogP contribution is 2.16. The van der Waals surface area contributed by atoms with E-state index < -0.39 is 0 Å². The molecule has 0 unspecified atom stereocenters. The second-order valence-electron chi connectivity index (χ2n) is 6.08. The molecule has 3 rings (SSSR count). The van der Waals surface area contributed by atoms with E-state index in [0.717, 1.165) is 51.6 Å². The van der Waals surface area contributed by atoms with Crippen molar-refractivity contribution in [3.8, 4) is 0 Å². The molecular weight excluding hydrogens is 304 g/mol. The van der Waals surface area contributed by atoms with Gasteiger partial charge in [-0.15, -0.1) is 11.3 Å². The molecule has 23 heavy (non-hydrogen) atoms. The fraction of sp³-hybridized carbons (Fsp3) is 0.500. The minimum Gasteiger partial charge on any atom is -0.354 e. The van der Waals surface area contributed by atoms with Gasteiger partial charge in [0.1, 0.15) is 5.82 Å². The van der Waals surface area contributed by atoms with Crippen LogP contribution < -0.4 is 10.2 Å². The summed E-state index contributed by atoms with van der Waals surface area (Å²) in [6.07, 6.45) is 2.01. The summed E-state index contributed by atoms with van der Waals surface area (Å²) in [7, 11) is 0. The quantitative estimate of drug-likeness (QED) is 0.882. The summed E-state index contributed by atoms with van der Waals surface area (Å²) in [5.41, 5.74) is 2.62. The number of piperazine rings is 1. The van der Waals surface area contributed by atoms with Crippen LogP contribution in [-0.2, 0) is 13.1 Å². The minimum atomic E-state index is 0.869. The number of hydrogen-bond acceptors (Lipinski definition) is 5. The number of nitrogens with one attached hydrogen (secondary N) is 1. The van der Waals surface area contributed by atoms with Crippen LogP contribution in [0.15, 0.2) is 29.8 Å². The lowest BCUT2D eigenvalue weighted by Crippen LogP contribution is -2.46. The van der Waals surface area contributed by atoms with Crippen LogP contribution in [0.1, 0.15) is 22.9 Å². The summed E-state index contributed by atoms with van der Waals surface area (Å²) in [4.78, 5) is 11.0. The lowest BCUT2D eigenvalue weighted by molar-refractivity contribution is 0.270. The molecule has 5 heteroatoms. The number of nitrogens with zero attached hydrogens (tertiary/aromatic N) is 3. The molecule has 3 heterocycles. The van der Waals surface area contributed by atoms with Crippen molar-refractivity contribution in [2.24, 2.45) is 0 Å². The minimum absolute atomic E-state index is 0.869. The van der Waals surface area contributed by atoms with E-state index in [1.165, 1.54) is 16.0 Å². The molecule has 0 bridgehead atoms. The standard InChI is InChI=1S/C18H26N4S/c1-3-21-7-9-22(10-8-21)18-5-4-16(13-20-18)12-19-14-17-15(2)6-11-23-17/h4-6,11,13,19H,3,7-10,12,14H2,1-2H3. The molecule has 2 aromatic rings. The average Bonchev–Trinajstić information content (AvgIpc) is 3.01. The van der Waals surface area contributed by atoms with E-state index in [1.807, 2.05) is 17.5 Å². The molecule has 0 spiro atoms. The Balaban J connectivity index is 1.48. The molecular formula is C18H26N4S. The first-order valence-corrected chi connectivity index (χ1v) is 9.30. The van der Waals surface area contributed by atoms with Gasteiger partial charge in [-0.25, -0.2) is 4.98 Å². The largest absolute Gasteiger partial charge is 0.354 e. The van der Waals surface area contributed by atoms with Crippen molar-refractivity contribution in [2.75, 3.05) is 37.6 Å². The van der Waals surface area contributed by atoms with Gasteiger partial charge in [0.2, 0.25) is 0 Å².